The second-order valence-corrected chi connectivity index (χ2v) is 9.28. The molecule has 0 atom stereocenters. The number of carbonyl (C=O) groups excluding carboxylic acids is 1. The zero-order chi connectivity index (χ0) is 21.4. The van der Waals surface area contributed by atoms with Gasteiger partial charge in [0.1, 0.15) is 12.4 Å². The first-order valence-electron chi connectivity index (χ1n) is 10.1. The molecule has 1 amide bonds. The summed E-state index contributed by atoms with van der Waals surface area (Å²) in [6, 6.07) is 13.8. The molecule has 0 bridgehead atoms. The Labute approximate surface area is 177 Å². The predicted molar refractivity (Wildman–Crippen MR) is 115 cm³/mol. The van der Waals surface area contributed by atoms with Gasteiger partial charge in [-0.15, -0.1) is 0 Å². The minimum Gasteiger partial charge on any atom is -0.492 e. The molecule has 1 aliphatic heterocycles. The molecular weight excluding hydrogens is 404 g/mol. The number of benzene rings is 2. The summed E-state index contributed by atoms with van der Waals surface area (Å²) in [7, 11) is -3.48. The zero-order valence-electron chi connectivity index (χ0n) is 17.2. The van der Waals surface area contributed by atoms with E-state index in [2.05, 4.69) is 10.2 Å². The maximum atomic E-state index is 12.6. The van der Waals surface area contributed by atoms with Crippen LogP contribution in [-0.4, -0.2) is 64.4 Å². The smallest absolute Gasteiger partial charge is 0.252 e. The number of carbonyl (C=O) groups is 1. The summed E-state index contributed by atoms with van der Waals surface area (Å²) < 4.78 is 35.7. The van der Waals surface area contributed by atoms with Crippen molar-refractivity contribution in [1.82, 2.24) is 10.2 Å². The fourth-order valence-corrected chi connectivity index (χ4v) is 4.31. The summed E-state index contributed by atoms with van der Waals surface area (Å²) in [6.45, 7) is 6.63. The molecule has 2 aromatic carbocycles. The van der Waals surface area contributed by atoms with Crippen LogP contribution in [0.5, 0.6) is 5.75 Å². The fourth-order valence-electron chi connectivity index (χ4n) is 3.22. The molecule has 1 heterocycles. The van der Waals surface area contributed by atoms with Crippen LogP contribution in [0.1, 0.15) is 22.8 Å². The number of nitrogens with one attached hydrogen (secondary N) is 1. The van der Waals surface area contributed by atoms with E-state index in [1.165, 1.54) is 12.1 Å². The van der Waals surface area contributed by atoms with Crippen molar-refractivity contribution < 1.29 is 22.7 Å². The average molecular weight is 433 g/mol. The Morgan fingerprint density at radius 3 is 2.67 bits per heavy atom. The highest BCUT2D eigenvalue weighted by Gasteiger charge is 2.20. The Hall–Kier alpha value is -2.42. The number of hydrogen-bond donors (Lipinski definition) is 1. The molecule has 0 spiro atoms. The van der Waals surface area contributed by atoms with Gasteiger partial charge in [-0.2, -0.15) is 0 Å². The van der Waals surface area contributed by atoms with Crippen LogP contribution in [0, 0.1) is 0 Å². The SMILES string of the molecule is CCS(=O)(=O)c1ccccc1C(=O)NCc1cccc(OCCN2CCOCC2)c1. The standard InChI is InChI=1S/C22H28N2O5S/c1-2-30(26,27)21-9-4-3-8-20(21)22(25)23-17-18-6-5-7-19(16-18)29-15-12-24-10-13-28-14-11-24/h3-9,16H,2,10-15,17H2,1H3,(H,23,25). The van der Waals surface area contributed by atoms with Crippen molar-refractivity contribution in [2.24, 2.45) is 0 Å². The van der Waals surface area contributed by atoms with Gasteiger partial charge in [-0.1, -0.05) is 31.2 Å². The van der Waals surface area contributed by atoms with E-state index in [0.29, 0.717) is 6.61 Å². The van der Waals surface area contributed by atoms with Crippen LogP contribution in [-0.2, 0) is 21.1 Å². The maximum absolute atomic E-state index is 12.6. The van der Waals surface area contributed by atoms with Gasteiger partial charge in [0.05, 0.1) is 29.4 Å². The highest BCUT2D eigenvalue weighted by molar-refractivity contribution is 7.91. The fraction of sp³-hybridized carbons (Fsp3) is 0.409. The van der Waals surface area contributed by atoms with Crippen LogP contribution in [0.15, 0.2) is 53.4 Å². The average Bonchev–Trinajstić information content (AvgIpc) is 2.78. The molecule has 0 saturated carbocycles. The third kappa shape index (κ3) is 6.04. The van der Waals surface area contributed by atoms with E-state index in [4.69, 9.17) is 9.47 Å². The normalized spacial score (nSPS) is 15.0. The number of morpholine rings is 1. The molecule has 8 heteroatoms. The molecule has 30 heavy (non-hydrogen) atoms. The molecule has 162 valence electrons. The molecule has 1 fully saturated rings. The summed E-state index contributed by atoms with van der Waals surface area (Å²) in [4.78, 5) is 15.0. The van der Waals surface area contributed by atoms with E-state index in [0.717, 1.165) is 44.2 Å². The van der Waals surface area contributed by atoms with Crippen LogP contribution in [0.25, 0.3) is 0 Å². The van der Waals surface area contributed by atoms with Crippen molar-refractivity contribution in [3.63, 3.8) is 0 Å². The quantitative estimate of drug-likeness (QED) is 0.653. The van der Waals surface area contributed by atoms with Crippen LogP contribution in [0.2, 0.25) is 0 Å². The molecule has 1 aliphatic rings. The van der Waals surface area contributed by atoms with Gasteiger partial charge < -0.3 is 14.8 Å². The topological polar surface area (TPSA) is 84.9 Å². The predicted octanol–water partition coefficient (Wildman–Crippen LogP) is 2.12. The third-order valence-electron chi connectivity index (χ3n) is 4.98. The van der Waals surface area contributed by atoms with Crippen molar-refractivity contribution in [2.75, 3.05) is 45.2 Å². The van der Waals surface area contributed by atoms with Crippen LogP contribution >= 0.6 is 0 Å². The number of hydrogen-bond acceptors (Lipinski definition) is 6. The number of sulfone groups is 1. The lowest BCUT2D eigenvalue weighted by atomic mass is 10.2. The van der Waals surface area contributed by atoms with Gasteiger partial charge in [-0.05, 0) is 29.8 Å². The van der Waals surface area contributed by atoms with E-state index in [1.54, 1.807) is 19.1 Å². The van der Waals surface area contributed by atoms with E-state index >= 15 is 0 Å². The van der Waals surface area contributed by atoms with E-state index in [1.807, 2.05) is 24.3 Å². The molecule has 1 N–H and O–H groups in total. The molecule has 0 unspecified atom stereocenters. The van der Waals surface area contributed by atoms with Gasteiger partial charge in [-0.3, -0.25) is 9.69 Å². The molecule has 0 radical (unpaired) electrons. The van der Waals surface area contributed by atoms with Gasteiger partial charge in [0.15, 0.2) is 9.84 Å². The van der Waals surface area contributed by atoms with Gasteiger partial charge in [0.25, 0.3) is 5.91 Å². The Morgan fingerprint density at radius 2 is 1.90 bits per heavy atom. The Balaban J connectivity index is 1.56. The van der Waals surface area contributed by atoms with Gasteiger partial charge >= 0.3 is 0 Å². The summed E-state index contributed by atoms with van der Waals surface area (Å²) in [5.41, 5.74) is 1.04. The number of nitrogens with zero attached hydrogens (tertiary/aromatic N) is 1. The summed E-state index contributed by atoms with van der Waals surface area (Å²) >= 11 is 0. The highest BCUT2D eigenvalue weighted by Crippen LogP contribution is 2.18. The molecule has 0 aliphatic carbocycles. The third-order valence-corrected chi connectivity index (χ3v) is 6.76. The Bertz CT molecular complexity index is 956. The molecule has 3 rings (SSSR count). The van der Waals surface area contributed by atoms with Crippen molar-refractivity contribution in [3.8, 4) is 5.75 Å². The Morgan fingerprint density at radius 1 is 1.13 bits per heavy atom. The second-order valence-electron chi connectivity index (χ2n) is 7.03. The number of amides is 1. The first-order valence-corrected chi connectivity index (χ1v) is 11.8. The Kier molecular flexibility index (Phi) is 7.84. The monoisotopic (exact) mass is 432 g/mol. The molecule has 2 aromatic rings. The van der Waals surface area contributed by atoms with Crippen molar-refractivity contribution in [1.29, 1.82) is 0 Å². The molecule has 0 aromatic heterocycles. The summed E-state index contributed by atoms with van der Waals surface area (Å²) in [5.74, 6) is 0.270. The number of rotatable bonds is 9. The molecular formula is C22H28N2O5S. The van der Waals surface area contributed by atoms with Gasteiger partial charge in [0, 0.05) is 26.2 Å². The zero-order valence-corrected chi connectivity index (χ0v) is 18.0. The highest BCUT2D eigenvalue weighted by atomic mass is 32.2. The van der Waals surface area contributed by atoms with E-state index in [-0.39, 0.29) is 22.8 Å². The lowest BCUT2D eigenvalue weighted by molar-refractivity contribution is 0.0322. The van der Waals surface area contributed by atoms with Crippen molar-refractivity contribution >= 4 is 15.7 Å². The minimum absolute atomic E-state index is 0.0544. The van der Waals surface area contributed by atoms with Gasteiger partial charge in [0.2, 0.25) is 0 Å². The van der Waals surface area contributed by atoms with Gasteiger partial charge in [-0.25, -0.2) is 8.42 Å². The van der Waals surface area contributed by atoms with Crippen molar-refractivity contribution in [2.45, 2.75) is 18.4 Å². The van der Waals surface area contributed by atoms with Crippen molar-refractivity contribution in [3.05, 3.63) is 59.7 Å². The molecule has 1 saturated heterocycles. The first kappa shape index (κ1) is 22.3. The van der Waals surface area contributed by atoms with Crippen LogP contribution in [0.3, 0.4) is 0 Å². The van der Waals surface area contributed by atoms with E-state index < -0.39 is 15.7 Å². The molecule has 7 nitrogen and oxygen atoms in total. The van der Waals surface area contributed by atoms with E-state index in [9.17, 15) is 13.2 Å². The summed E-state index contributed by atoms with van der Waals surface area (Å²) in [6.07, 6.45) is 0. The minimum atomic E-state index is -3.48. The lowest BCUT2D eigenvalue weighted by Gasteiger charge is -2.26. The van der Waals surface area contributed by atoms with Crippen LogP contribution in [0.4, 0.5) is 0 Å². The largest absolute Gasteiger partial charge is 0.492 e. The number of ether oxygens (including phenoxy) is 2. The summed E-state index contributed by atoms with van der Waals surface area (Å²) in [5, 5.41) is 2.81. The maximum Gasteiger partial charge on any atom is 0.252 e. The lowest BCUT2D eigenvalue weighted by Crippen LogP contribution is -2.38. The second kappa shape index (κ2) is 10.6. The first-order chi connectivity index (χ1) is 14.5. The van der Waals surface area contributed by atoms with Crippen LogP contribution < -0.4 is 10.1 Å².